The predicted molar refractivity (Wildman–Crippen MR) is 166 cm³/mol. The molecule has 3 aromatic rings. The van der Waals surface area contributed by atoms with Gasteiger partial charge in [-0.15, -0.1) is 0 Å². The van der Waals surface area contributed by atoms with Crippen molar-refractivity contribution in [1.29, 1.82) is 0 Å². The van der Waals surface area contributed by atoms with Gasteiger partial charge < -0.3 is 14.0 Å². The summed E-state index contributed by atoms with van der Waals surface area (Å²) in [7, 11) is -3.66. The summed E-state index contributed by atoms with van der Waals surface area (Å²) in [6.45, 7) is 7.29. The van der Waals surface area contributed by atoms with Gasteiger partial charge in [0.15, 0.2) is 0 Å². The minimum atomic E-state index is -3.66. The quantitative estimate of drug-likeness (QED) is 0.158. The highest BCUT2D eigenvalue weighted by Gasteiger charge is 2.63. The molecule has 0 N–H and O–H groups in total. The fourth-order valence-electron chi connectivity index (χ4n) is 8.38. The molecule has 43 heavy (non-hydrogen) atoms. The molecule has 0 radical (unpaired) electrons. The van der Waals surface area contributed by atoms with Gasteiger partial charge in [-0.3, -0.25) is 9.59 Å². The van der Waals surface area contributed by atoms with Crippen LogP contribution in [0.5, 0.6) is 0 Å². The van der Waals surface area contributed by atoms with Crippen LogP contribution in [0.25, 0.3) is 0 Å². The molecule has 7 rings (SSSR count). The summed E-state index contributed by atoms with van der Waals surface area (Å²) in [5.41, 5.74) is 0.904. The van der Waals surface area contributed by atoms with Crippen molar-refractivity contribution in [2.45, 2.75) is 64.6 Å². The SMILES string of the molecule is C=CC(=O)OC12CC3CC(C1)CC(C(=O)OCc1cc(C)c(C(=O)P(=O)(c4ccccc4)c4ccccc4)c(C)c1)(C3)C2. The van der Waals surface area contributed by atoms with Crippen LogP contribution in [0, 0.1) is 31.1 Å². The molecule has 0 spiro atoms. The van der Waals surface area contributed by atoms with E-state index in [0.717, 1.165) is 37.7 Å². The van der Waals surface area contributed by atoms with Crippen molar-refractivity contribution < 1.29 is 28.4 Å². The largest absolute Gasteiger partial charge is 0.460 e. The molecule has 0 aliphatic heterocycles. The summed E-state index contributed by atoms with van der Waals surface area (Å²) in [5.74, 6) is 0.00103. The van der Waals surface area contributed by atoms with Gasteiger partial charge in [0, 0.05) is 28.7 Å². The average Bonchev–Trinajstić information content (AvgIpc) is 2.99. The maximum Gasteiger partial charge on any atom is 0.330 e. The van der Waals surface area contributed by atoms with E-state index in [0.29, 0.717) is 45.6 Å². The second kappa shape index (κ2) is 11.1. The van der Waals surface area contributed by atoms with Crippen LogP contribution in [0.15, 0.2) is 85.5 Å². The molecule has 4 bridgehead atoms. The fraction of sp³-hybridized carbons (Fsp3) is 0.361. The molecule has 222 valence electrons. The first-order chi connectivity index (χ1) is 20.6. The van der Waals surface area contributed by atoms with Crippen LogP contribution in [-0.4, -0.2) is 23.1 Å². The van der Waals surface area contributed by atoms with E-state index in [1.165, 1.54) is 6.08 Å². The van der Waals surface area contributed by atoms with E-state index in [1.54, 1.807) is 48.5 Å². The molecular formula is C36H37O6P. The van der Waals surface area contributed by atoms with Gasteiger partial charge in [-0.05, 0) is 74.5 Å². The van der Waals surface area contributed by atoms with Crippen LogP contribution in [0.1, 0.15) is 65.6 Å². The lowest BCUT2D eigenvalue weighted by Crippen LogP contribution is -2.59. The van der Waals surface area contributed by atoms with Gasteiger partial charge in [-0.2, -0.15) is 0 Å². The number of aryl methyl sites for hydroxylation is 2. The Balaban J connectivity index is 1.24. The lowest BCUT2D eigenvalue weighted by molar-refractivity contribution is -0.210. The molecule has 0 aromatic heterocycles. The van der Waals surface area contributed by atoms with Crippen LogP contribution in [0.2, 0.25) is 0 Å². The highest BCUT2D eigenvalue weighted by atomic mass is 31.2. The first-order valence-corrected chi connectivity index (χ1v) is 16.7. The van der Waals surface area contributed by atoms with Crippen LogP contribution in [0.4, 0.5) is 0 Å². The molecule has 2 atom stereocenters. The van der Waals surface area contributed by atoms with Gasteiger partial charge in [0.2, 0.25) is 12.7 Å². The van der Waals surface area contributed by atoms with Crippen molar-refractivity contribution in [2.24, 2.45) is 17.3 Å². The van der Waals surface area contributed by atoms with Crippen molar-refractivity contribution in [1.82, 2.24) is 0 Å². The standard InChI is InChI=1S/C36H37O6P/c1-4-31(37)42-36-20-27-17-28(21-36)19-35(18-27,23-36)34(39)41-22-26-15-24(2)32(25(3)16-26)33(38)43(40,29-11-7-5-8-12-29)30-13-9-6-10-14-30/h4-16,27-28H,1,17-23H2,2-3H3. The number of carbonyl (C=O) groups excluding carboxylic acids is 3. The predicted octanol–water partition coefficient (Wildman–Crippen LogP) is 6.57. The number of esters is 2. The number of benzene rings is 3. The van der Waals surface area contributed by atoms with Crippen molar-refractivity contribution >= 4 is 35.2 Å². The summed E-state index contributed by atoms with van der Waals surface area (Å²) in [5, 5.41) is 0.991. The smallest absolute Gasteiger partial charge is 0.330 e. The Morgan fingerprint density at radius 3 is 1.93 bits per heavy atom. The van der Waals surface area contributed by atoms with Crippen LogP contribution < -0.4 is 10.6 Å². The average molecular weight is 597 g/mol. The fourth-order valence-corrected chi connectivity index (χ4v) is 11.0. The van der Waals surface area contributed by atoms with Crippen LogP contribution in [0.3, 0.4) is 0 Å². The molecule has 2 unspecified atom stereocenters. The first kappa shape index (κ1) is 29.3. The van der Waals surface area contributed by atoms with E-state index in [2.05, 4.69) is 6.58 Å². The molecule has 4 saturated carbocycles. The van der Waals surface area contributed by atoms with E-state index in [9.17, 15) is 18.9 Å². The number of hydrogen-bond donors (Lipinski definition) is 0. The van der Waals surface area contributed by atoms with E-state index in [-0.39, 0.29) is 12.6 Å². The van der Waals surface area contributed by atoms with Gasteiger partial charge in [0.1, 0.15) is 12.2 Å². The summed E-state index contributed by atoms with van der Waals surface area (Å²) in [4.78, 5) is 40.0. The topological polar surface area (TPSA) is 86.7 Å². The first-order valence-electron chi connectivity index (χ1n) is 15.0. The third-order valence-electron chi connectivity index (χ3n) is 9.63. The van der Waals surface area contributed by atoms with Crippen LogP contribution >= 0.6 is 7.14 Å². The van der Waals surface area contributed by atoms with Crippen molar-refractivity contribution in [3.63, 3.8) is 0 Å². The lowest BCUT2D eigenvalue weighted by atomic mass is 9.48. The number of ether oxygens (including phenoxy) is 2. The summed E-state index contributed by atoms with van der Waals surface area (Å²) < 4.78 is 26.5. The molecule has 4 aliphatic carbocycles. The minimum Gasteiger partial charge on any atom is -0.460 e. The summed E-state index contributed by atoms with van der Waals surface area (Å²) >= 11 is 0. The molecule has 6 nitrogen and oxygen atoms in total. The Labute approximate surface area is 252 Å². The molecule has 0 heterocycles. The van der Waals surface area contributed by atoms with Crippen LogP contribution in [-0.2, 0) is 30.2 Å². The van der Waals surface area contributed by atoms with E-state index in [4.69, 9.17) is 9.47 Å². The molecule has 0 saturated heterocycles. The highest BCUT2D eigenvalue weighted by molar-refractivity contribution is 7.93. The second-order valence-corrected chi connectivity index (χ2v) is 15.5. The van der Waals surface area contributed by atoms with E-state index in [1.807, 2.05) is 38.1 Å². The minimum absolute atomic E-state index is 0.0700. The Bertz CT molecular complexity index is 1560. The zero-order valence-corrected chi connectivity index (χ0v) is 25.6. The summed E-state index contributed by atoms with van der Waals surface area (Å²) in [6, 6.07) is 21.5. The van der Waals surface area contributed by atoms with Gasteiger partial charge in [0.05, 0.1) is 5.41 Å². The van der Waals surface area contributed by atoms with E-state index < -0.39 is 29.7 Å². The Kier molecular flexibility index (Phi) is 7.54. The van der Waals surface area contributed by atoms with Gasteiger partial charge in [0.25, 0.3) is 0 Å². The molecule has 0 amide bonds. The Hall–Kier alpha value is -3.76. The monoisotopic (exact) mass is 596 g/mol. The molecule has 4 aliphatic rings. The number of hydrogen-bond acceptors (Lipinski definition) is 6. The third kappa shape index (κ3) is 5.20. The molecular weight excluding hydrogens is 559 g/mol. The maximum atomic E-state index is 14.7. The molecule has 7 heteroatoms. The second-order valence-electron chi connectivity index (χ2n) is 12.8. The van der Waals surface area contributed by atoms with Gasteiger partial charge in [-0.1, -0.05) is 79.4 Å². The number of carbonyl (C=O) groups is 3. The Morgan fingerprint density at radius 2 is 1.42 bits per heavy atom. The maximum absolute atomic E-state index is 14.7. The zero-order valence-electron chi connectivity index (χ0n) is 24.7. The normalized spacial score (nSPS) is 25.6. The van der Waals surface area contributed by atoms with Gasteiger partial charge in [-0.25, -0.2) is 4.79 Å². The zero-order chi connectivity index (χ0) is 30.4. The van der Waals surface area contributed by atoms with E-state index >= 15 is 0 Å². The van der Waals surface area contributed by atoms with Gasteiger partial charge >= 0.3 is 11.9 Å². The number of rotatable bonds is 9. The summed E-state index contributed by atoms with van der Waals surface area (Å²) in [6.07, 6.45) is 5.85. The highest BCUT2D eigenvalue weighted by Crippen LogP contribution is 2.63. The van der Waals surface area contributed by atoms with Crippen molar-refractivity contribution in [3.05, 3.63) is 108 Å². The lowest BCUT2D eigenvalue weighted by Gasteiger charge is -2.59. The molecule has 3 aromatic carbocycles. The molecule has 4 fully saturated rings. The Morgan fingerprint density at radius 1 is 0.884 bits per heavy atom. The third-order valence-corrected chi connectivity index (χ3v) is 12.5. The van der Waals surface area contributed by atoms with Crippen molar-refractivity contribution in [2.75, 3.05) is 0 Å². The van der Waals surface area contributed by atoms with Crippen molar-refractivity contribution in [3.8, 4) is 0 Å².